The number of aliphatic hydroxyl groups is 2. The Bertz CT molecular complexity index is 640. The summed E-state index contributed by atoms with van der Waals surface area (Å²) in [7, 11) is 0. The number of hydrogen-bond acceptors (Lipinski definition) is 5. The molecule has 0 amide bonds. The van der Waals surface area contributed by atoms with Crippen molar-refractivity contribution < 1.29 is 24.5 Å². The zero-order valence-corrected chi connectivity index (χ0v) is 15.4. The van der Waals surface area contributed by atoms with E-state index >= 15 is 0 Å². The molecule has 5 heteroatoms. The number of carbonyl (C=O) groups excluding carboxylic acids is 2. The van der Waals surface area contributed by atoms with Crippen LogP contribution < -0.4 is 0 Å². The van der Waals surface area contributed by atoms with Crippen molar-refractivity contribution in [3.63, 3.8) is 0 Å². The van der Waals surface area contributed by atoms with Crippen LogP contribution in [-0.4, -0.2) is 40.1 Å². The molecule has 0 aromatic carbocycles. The van der Waals surface area contributed by atoms with E-state index in [4.69, 9.17) is 4.74 Å². The lowest BCUT2D eigenvalue weighted by Gasteiger charge is -2.54. The number of unbranched alkanes of at least 4 members (excludes halogenated alkanes) is 1. The predicted molar refractivity (Wildman–Crippen MR) is 95.1 cm³/mol. The normalized spacial score (nSPS) is 37.5. The molecule has 0 radical (unpaired) electrons. The first-order valence-electron chi connectivity index (χ1n) is 8.89. The van der Waals surface area contributed by atoms with Crippen molar-refractivity contribution in [3.05, 3.63) is 35.6 Å². The van der Waals surface area contributed by atoms with Crippen LogP contribution in [-0.2, 0) is 14.3 Å². The molecule has 25 heavy (non-hydrogen) atoms. The van der Waals surface area contributed by atoms with Crippen LogP contribution in [0.25, 0.3) is 0 Å². The number of ether oxygens (including phenoxy) is 1. The molecule has 2 bridgehead atoms. The fraction of sp³-hybridized carbons (Fsp3) is 0.600. The molecule has 3 aliphatic carbocycles. The molecule has 3 fully saturated rings. The maximum absolute atomic E-state index is 13.0. The van der Waals surface area contributed by atoms with Gasteiger partial charge in [-0.05, 0) is 39.7 Å². The molecule has 5 nitrogen and oxygen atoms in total. The Kier molecular flexibility index (Phi) is 5.69. The summed E-state index contributed by atoms with van der Waals surface area (Å²) in [5.74, 6) is -1.92. The van der Waals surface area contributed by atoms with Gasteiger partial charge in [0.2, 0.25) is 0 Å². The van der Waals surface area contributed by atoms with E-state index in [1.165, 1.54) is 19.9 Å². The highest BCUT2D eigenvalue weighted by Crippen LogP contribution is 2.54. The summed E-state index contributed by atoms with van der Waals surface area (Å²) in [6.45, 7) is 7.30. The summed E-state index contributed by atoms with van der Waals surface area (Å²) in [6.07, 6.45) is 8.12. The molecule has 0 aliphatic heterocycles. The molecule has 0 heterocycles. The Morgan fingerprint density at radius 2 is 2.00 bits per heavy atom. The van der Waals surface area contributed by atoms with Crippen LogP contribution in [0.5, 0.6) is 0 Å². The Morgan fingerprint density at radius 3 is 2.60 bits per heavy atom. The molecular formula is C20H28O5. The number of carbonyl (C=O) groups is 2. The third-order valence-electron chi connectivity index (χ3n) is 5.42. The average Bonchev–Trinajstić information content (AvgIpc) is 2.56. The van der Waals surface area contributed by atoms with Gasteiger partial charge < -0.3 is 14.9 Å². The van der Waals surface area contributed by atoms with E-state index in [1.54, 1.807) is 18.2 Å². The fourth-order valence-electron chi connectivity index (χ4n) is 3.84. The van der Waals surface area contributed by atoms with E-state index in [9.17, 15) is 19.8 Å². The summed E-state index contributed by atoms with van der Waals surface area (Å²) < 4.78 is 5.83. The van der Waals surface area contributed by atoms with Gasteiger partial charge in [0.1, 0.15) is 16.8 Å². The lowest BCUT2D eigenvalue weighted by atomic mass is 9.50. The third kappa shape index (κ3) is 3.11. The van der Waals surface area contributed by atoms with Crippen molar-refractivity contribution in [2.75, 3.05) is 6.61 Å². The Balaban J connectivity index is 2.46. The summed E-state index contributed by atoms with van der Waals surface area (Å²) >= 11 is 0. The largest absolute Gasteiger partial charge is 0.508 e. The topological polar surface area (TPSA) is 83.8 Å². The van der Waals surface area contributed by atoms with E-state index in [0.717, 1.165) is 12.8 Å². The standard InChI is InChI=1S/C20H28O5/c1-5-7-9-10-14(21)16-13-12-15(25-11-8-6-2)19(3,17(16)22)18(23)20(13,4)24/h5,7,9-10,13,15,21,24H,6,8,11-12H2,1-4H3/b7-5+,10-9-,16-14-/t13-,15-,19+,20-/m0/s1. The second kappa shape index (κ2) is 7.26. The lowest BCUT2D eigenvalue weighted by Crippen LogP contribution is -2.69. The number of Topliss-reactive ketones (excluding diaryl/α,β-unsaturated/α-hetero) is 2. The minimum Gasteiger partial charge on any atom is -0.508 e. The first kappa shape index (κ1) is 19.6. The van der Waals surface area contributed by atoms with Crippen molar-refractivity contribution in [1.82, 2.24) is 0 Å². The van der Waals surface area contributed by atoms with E-state index in [1.807, 2.05) is 13.8 Å². The summed E-state index contributed by atoms with van der Waals surface area (Å²) in [5, 5.41) is 21.2. The van der Waals surface area contributed by atoms with Gasteiger partial charge in [-0.25, -0.2) is 0 Å². The monoisotopic (exact) mass is 348 g/mol. The SMILES string of the molecule is C/C=C/C=C\C(O)=C1\C(=O)[C@]2(C)C(=O)[C@@](C)(O)[C@H]1C[C@@H]2OCCCC. The van der Waals surface area contributed by atoms with Crippen molar-refractivity contribution in [2.45, 2.75) is 58.7 Å². The van der Waals surface area contributed by atoms with Crippen LogP contribution in [0.4, 0.5) is 0 Å². The third-order valence-corrected chi connectivity index (χ3v) is 5.42. The summed E-state index contributed by atoms with van der Waals surface area (Å²) in [4.78, 5) is 25.9. The van der Waals surface area contributed by atoms with Gasteiger partial charge in [-0.3, -0.25) is 9.59 Å². The molecule has 4 atom stereocenters. The molecule has 0 unspecified atom stereocenters. The molecule has 2 N–H and O–H groups in total. The predicted octanol–water partition coefficient (Wildman–Crippen LogP) is 3.05. The Labute approximate surface area is 149 Å². The van der Waals surface area contributed by atoms with Gasteiger partial charge in [0.15, 0.2) is 11.6 Å². The van der Waals surface area contributed by atoms with Crippen LogP contribution in [0.3, 0.4) is 0 Å². The molecule has 3 aliphatic rings. The van der Waals surface area contributed by atoms with Gasteiger partial charge in [0, 0.05) is 18.1 Å². The first-order valence-corrected chi connectivity index (χ1v) is 8.89. The van der Waals surface area contributed by atoms with Gasteiger partial charge in [0.25, 0.3) is 0 Å². The lowest BCUT2D eigenvalue weighted by molar-refractivity contribution is -0.186. The molecule has 138 valence electrons. The van der Waals surface area contributed by atoms with Crippen molar-refractivity contribution in [1.29, 1.82) is 0 Å². The molecule has 3 rings (SSSR count). The summed E-state index contributed by atoms with van der Waals surface area (Å²) in [6, 6.07) is 0. The highest BCUT2D eigenvalue weighted by molar-refractivity contribution is 6.21. The van der Waals surface area contributed by atoms with Gasteiger partial charge in [-0.2, -0.15) is 0 Å². The van der Waals surface area contributed by atoms with Crippen LogP contribution in [0, 0.1) is 11.3 Å². The minimum atomic E-state index is -1.69. The van der Waals surface area contributed by atoms with E-state index in [-0.39, 0.29) is 11.3 Å². The number of aliphatic hydroxyl groups excluding tert-OH is 1. The van der Waals surface area contributed by atoms with Crippen molar-refractivity contribution in [2.24, 2.45) is 11.3 Å². The van der Waals surface area contributed by atoms with Gasteiger partial charge in [-0.15, -0.1) is 0 Å². The first-order chi connectivity index (χ1) is 11.7. The molecule has 0 aromatic heterocycles. The maximum Gasteiger partial charge on any atom is 0.180 e. The second-order valence-electron chi connectivity index (χ2n) is 7.19. The number of fused-ring (bicyclic) bond motifs is 3. The van der Waals surface area contributed by atoms with Crippen molar-refractivity contribution >= 4 is 11.6 Å². The van der Waals surface area contributed by atoms with Gasteiger partial charge in [-0.1, -0.05) is 31.6 Å². The van der Waals surface area contributed by atoms with E-state index in [0.29, 0.717) is 13.0 Å². The minimum absolute atomic E-state index is 0.128. The molecule has 0 saturated heterocycles. The van der Waals surface area contributed by atoms with E-state index in [2.05, 4.69) is 0 Å². The summed E-state index contributed by atoms with van der Waals surface area (Å²) in [5.41, 5.74) is -3.03. The average molecular weight is 348 g/mol. The van der Waals surface area contributed by atoms with Crippen LogP contribution >= 0.6 is 0 Å². The van der Waals surface area contributed by atoms with Crippen LogP contribution in [0.1, 0.15) is 47.0 Å². The van der Waals surface area contributed by atoms with Crippen LogP contribution in [0.15, 0.2) is 35.6 Å². The quantitative estimate of drug-likeness (QED) is 0.253. The highest BCUT2D eigenvalue weighted by Gasteiger charge is 2.68. The zero-order chi connectivity index (χ0) is 18.8. The number of hydrogen-bond donors (Lipinski definition) is 2. The highest BCUT2D eigenvalue weighted by atomic mass is 16.5. The number of allylic oxidation sites excluding steroid dienone is 4. The Morgan fingerprint density at radius 1 is 1.32 bits per heavy atom. The molecular weight excluding hydrogens is 320 g/mol. The van der Waals surface area contributed by atoms with Crippen LogP contribution in [0.2, 0.25) is 0 Å². The fourth-order valence-corrected chi connectivity index (χ4v) is 3.84. The zero-order valence-electron chi connectivity index (χ0n) is 15.4. The Hall–Kier alpha value is -1.72. The molecule has 3 saturated carbocycles. The molecule has 0 aromatic rings. The molecule has 0 spiro atoms. The maximum atomic E-state index is 13.0. The van der Waals surface area contributed by atoms with E-state index < -0.39 is 34.6 Å². The number of rotatable bonds is 6. The number of ketones is 2. The smallest absolute Gasteiger partial charge is 0.180 e. The van der Waals surface area contributed by atoms with Crippen molar-refractivity contribution in [3.8, 4) is 0 Å². The van der Waals surface area contributed by atoms with Gasteiger partial charge >= 0.3 is 0 Å². The second-order valence-corrected chi connectivity index (χ2v) is 7.19. The van der Waals surface area contributed by atoms with Gasteiger partial charge in [0.05, 0.1) is 6.10 Å².